The van der Waals surface area contributed by atoms with Crippen molar-refractivity contribution in [3.05, 3.63) is 83.7 Å². The molecule has 0 aliphatic carbocycles. The first-order chi connectivity index (χ1) is 15.2. The van der Waals surface area contributed by atoms with Crippen LogP contribution >= 0.6 is 0 Å². The Bertz CT molecular complexity index is 1270. The molecule has 2 aromatic carbocycles. The average molecular weight is 440 g/mol. The first kappa shape index (κ1) is 21.5. The van der Waals surface area contributed by atoms with Crippen molar-refractivity contribution in [2.24, 2.45) is 10.7 Å². The number of pyridine rings is 1. The number of aliphatic imine (C=N–C) groups is 1. The van der Waals surface area contributed by atoms with Crippen LogP contribution in [0.1, 0.15) is 16.7 Å². The molecule has 1 aromatic heterocycles. The Labute approximate surface area is 189 Å². The Morgan fingerprint density at radius 3 is 2.31 bits per heavy atom. The van der Waals surface area contributed by atoms with Crippen molar-refractivity contribution in [1.29, 1.82) is 5.26 Å². The highest BCUT2D eigenvalue weighted by atomic mass is 28.3. The summed E-state index contributed by atoms with van der Waals surface area (Å²) in [5.41, 5.74) is 8.48. The van der Waals surface area contributed by atoms with E-state index in [1.54, 1.807) is 19.3 Å². The van der Waals surface area contributed by atoms with Crippen molar-refractivity contribution in [2.45, 2.75) is 25.2 Å². The van der Waals surface area contributed by atoms with Gasteiger partial charge in [-0.15, -0.1) is 0 Å². The molecule has 1 aliphatic heterocycles. The van der Waals surface area contributed by atoms with Crippen molar-refractivity contribution < 1.29 is 4.79 Å². The Hall–Kier alpha value is -3.76. The number of aromatic nitrogens is 1. The van der Waals surface area contributed by atoms with Crippen molar-refractivity contribution in [3.63, 3.8) is 0 Å². The first-order valence-corrected chi connectivity index (χ1v) is 13.9. The number of carbonyl (C=O) groups excluding carboxylic acids is 1. The predicted molar refractivity (Wildman–Crippen MR) is 129 cm³/mol. The third-order valence-corrected chi connectivity index (χ3v) is 7.96. The van der Waals surface area contributed by atoms with E-state index in [1.165, 1.54) is 16.3 Å². The van der Waals surface area contributed by atoms with Gasteiger partial charge >= 0.3 is 0 Å². The number of nitriles is 1. The maximum Gasteiger partial charge on any atom is 0.266 e. The number of rotatable bonds is 4. The minimum atomic E-state index is -1.49. The van der Waals surface area contributed by atoms with Crippen molar-refractivity contribution in [2.75, 3.05) is 7.05 Å². The van der Waals surface area contributed by atoms with Crippen LogP contribution in [-0.2, 0) is 10.3 Å². The zero-order valence-corrected chi connectivity index (χ0v) is 19.6. The number of nitrogens with zero attached hydrogens (tertiary/aromatic N) is 4. The summed E-state index contributed by atoms with van der Waals surface area (Å²) in [4.78, 5) is 23.8. The van der Waals surface area contributed by atoms with E-state index in [-0.39, 0.29) is 11.9 Å². The molecule has 6 nitrogen and oxygen atoms in total. The number of carbonyl (C=O) groups is 1. The van der Waals surface area contributed by atoms with Gasteiger partial charge in [0.25, 0.3) is 5.91 Å². The second kappa shape index (κ2) is 7.73. The summed E-state index contributed by atoms with van der Waals surface area (Å²) < 4.78 is 0. The minimum Gasteiger partial charge on any atom is -0.369 e. The fourth-order valence-electron chi connectivity index (χ4n) is 3.98. The van der Waals surface area contributed by atoms with E-state index < -0.39 is 13.6 Å². The molecule has 0 spiro atoms. The maximum atomic E-state index is 13.6. The molecule has 0 bridgehead atoms. The Balaban J connectivity index is 1.90. The van der Waals surface area contributed by atoms with E-state index >= 15 is 0 Å². The van der Waals surface area contributed by atoms with Crippen LogP contribution in [0.2, 0.25) is 19.6 Å². The second-order valence-corrected chi connectivity index (χ2v) is 14.1. The summed E-state index contributed by atoms with van der Waals surface area (Å²) in [6.45, 7) is 6.86. The molecular formula is C25H25N5OSi. The van der Waals surface area contributed by atoms with Gasteiger partial charge in [0.2, 0.25) is 0 Å². The molecule has 3 aromatic rings. The lowest BCUT2D eigenvalue weighted by atomic mass is 9.82. The Morgan fingerprint density at radius 1 is 1.00 bits per heavy atom. The molecule has 1 atom stereocenters. The highest BCUT2D eigenvalue weighted by Crippen LogP contribution is 2.40. The molecule has 7 heteroatoms. The quantitative estimate of drug-likeness (QED) is 0.632. The Kier molecular flexibility index (Phi) is 5.19. The molecular weight excluding hydrogens is 414 g/mol. The van der Waals surface area contributed by atoms with Crippen LogP contribution in [0, 0.1) is 11.3 Å². The van der Waals surface area contributed by atoms with Crippen molar-refractivity contribution >= 4 is 25.1 Å². The molecule has 1 aliphatic rings. The molecule has 2 N–H and O–H groups in total. The number of nitrogens with two attached hydrogens (primary N) is 1. The number of amides is 1. The van der Waals surface area contributed by atoms with Crippen LogP contribution in [0.3, 0.4) is 0 Å². The summed E-state index contributed by atoms with van der Waals surface area (Å²) in [5, 5.41) is 10.5. The Morgan fingerprint density at radius 2 is 1.72 bits per heavy atom. The summed E-state index contributed by atoms with van der Waals surface area (Å²) in [6, 6.07) is 19.7. The van der Waals surface area contributed by atoms with Crippen LogP contribution in [0.25, 0.3) is 11.1 Å². The zero-order chi connectivity index (χ0) is 23.1. The van der Waals surface area contributed by atoms with Gasteiger partial charge in [0, 0.05) is 25.0 Å². The maximum absolute atomic E-state index is 13.6. The van der Waals surface area contributed by atoms with Crippen LogP contribution in [0.4, 0.5) is 0 Å². The van der Waals surface area contributed by atoms with Crippen LogP contribution < -0.4 is 10.9 Å². The van der Waals surface area contributed by atoms with Gasteiger partial charge in [-0.1, -0.05) is 67.3 Å². The molecule has 1 unspecified atom stereocenters. The standard InChI is InChI=1S/C25H25N5OSi/c1-30-23(31)25(29-24(30)27,20-8-10-22(11-9-20)32(2,3)4)21-7-5-6-18(13-21)19-12-17(14-26)15-28-16-19/h5-13,15-16H,1-4H3,(H2,27,29). The van der Waals surface area contributed by atoms with Crippen LogP contribution in [-0.4, -0.2) is 36.9 Å². The minimum absolute atomic E-state index is 0.183. The number of likely N-dealkylation sites (N-methyl/N-ethyl adjacent to an activating group) is 1. The van der Waals surface area contributed by atoms with Gasteiger partial charge in [-0.3, -0.25) is 14.7 Å². The van der Waals surface area contributed by atoms with Gasteiger partial charge < -0.3 is 5.73 Å². The predicted octanol–water partition coefficient (Wildman–Crippen LogP) is 3.20. The van der Waals surface area contributed by atoms with Gasteiger partial charge in [-0.25, -0.2) is 4.99 Å². The molecule has 2 heterocycles. The lowest BCUT2D eigenvalue weighted by Gasteiger charge is -2.27. The highest BCUT2D eigenvalue weighted by molar-refractivity contribution is 6.88. The smallest absolute Gasteiger partial charge is 0.266 e. The third-order valence-electron chi connectivity index (χ3n) is 5.89. The zero-order valence-electron chi connectivity index (χ0n) is 18.6. The van der Waals surface area contributed by atoms with Gasteiger partial charge in [0.15, 0.2) is 11.5 Å². The van der Waals surface area contributed by atoms with Gasteiger partial charge in [0.05, 0.1) is 13.6 Å². The van der Waals surface area contributed by atoms with E-state index in [0.717, 1.165) is 22.3 Å². The molecule has 0 fully saturated rings. The molecule has 1 amide bonds. The SMILES string of the molecule is CN1C(=O)C(c2ccc([Si](C)(C)C)cc2)(c2cccc(-c3cncc(C#N)c3)c2)N=C1N. The van der Waals surface area contributed by atoms with E-state index in [1.807, 2.05) is 36.4 Å². The number of hydrogen-bond acceptors (Lipinski definition) is 5. The lowest BCUT2D eigenvalue weighted by molar-refractivity contribution is -0.129. The number of hydrogen-bond donors (Lipinski definition) is 1. The normalized spacial score (nSPS) is 18.4. The summed E-state index contributed by atoms with van der Waals surface area (Å²) in [5.74, 6) is -0.0142. The van der Waals surface area contributed by atoms with E-state index in [9.17, 15) is 10.1 Å². The van der Waals surface area contributed by atoms with Crippen molar-refractivity contribution in [1.82, 2.24) is 9.88 Å². The lowest BCUT2D eigenvalue weighted by Crippen LogP contribution is -2.42. The second-order valence-electron chi connectivity index (χ2n) is 9.03. The average Bonchev–Trinajstić information content (AvgIpc) is 3.03. The molecule has 160 valence electrons. The molecule has 4 rings (SSSR count). The number of benzene rings is 2. The van der Waals surface area contributed by atoms with Crippen LogP contribution in [0.15, 0.2) is 72.0 Å². The topological polar surface area (TPSA) is 95.4 Å². The largest absolute Gasteiger partial charge is 0.369 e. The monoisotopic (exact) mass is 439 g/mol. The summed E-state index contributed by atoms with van der Waals surface area (Å²) in [7, 11) is 0.148. The highest BCUT2D eigenvalue weighted by Gasteiger charge is 2.49. The summed E-state index contributed by atoms with van der Waals surface area (Å²) >= 11 is 0. The van der Waals surface area contributed by atoms with Crippen molar-refractivity contribution in [3.8, 4) is 17.2 Å². The van der Waals surface area contributed by atoms with Crippen LogP contribution in [0.5, 0.6) is 0 Å². The number of guanidine groups is 1. The molecule has 32 heavy (non-hydrogen) atoms. The van der Waals surface area contributed by atoms with Gasteiger partial charge in [-0.2, -0.15) is 5.26 Å². The summed E-state index contributed by atoms with van der Waals surface area (Å²) in [6.07, 6.45) is 3.23. The van der Waals surface area contributed by atoms with Gasteiger partial charge in [0.1, 0.15) is 6.07 Å². The van der Waals surface area contributed by atoms with E-state index in [2.05, 4.69) is 42.8 Å². The van der Waals surface area contributed by atoms with Gasteiger partial charge in [-0.05, 0) is 28.8 Å². The van der Waals surface area contributed by atoms with E-state index in [0.29, 0.717) is 5.56 Å². The molecule has 0 saturated heterocycles. The molecule has 0 radical (unpaired) electrons. The first-order valence-electron chi connectivity index (χ1n) is 10.4. The van der Waals surface area contributed by atoms with E-state index in [4.69, 9.17) is 10.7 Å². The molecule has 0 saturated carbocycles. The fourth-order valence-corrected chi connectivity index (χ4v) is 5.14. The third kappa shape index (κ3) is 3.49. The fraction of sp³-hybridized carbons (Fsp3) is 0.200.